The summed E-state index contributed by atoms with van der Waals surface area (Å²) in [6, 6.07) is 10.7. The van der Waals surface area contributed by atoms with Crippen molar-refractivity contribution in [3.8, 4) is 5.75 Å². The van der Waals surface area contributed by atoms with Crippen molar-refractivity contribution in [1.29, 1.82) is 0 Å². The molecule has 3 fully saturated rings. The lowest BCUT2D eigenvalue weighted by atomic mass is 9.76. The topological polar surface area (TPSA) is 111 Å². The summed E-state index contributed by atoms with van der Waals surface area (Å²) in [5.41, 5.74) is 5.83. The first-order valence-corrected chi connectivity index (χ1v) is 18.0. The van der Waals surface area contributed by atoms with E-state index >= 15 is 8.78 Å². The van der Waals surface area contributed by atoms with Gasteiger partial charge in [0.05, 0.1) is 16.5 Å². The number of halogens is 3. The predicted molar refractivity (Wildman–Crippen MR) is 168 cm³/mol. The van der Waals surface area contributed by atoms with E-state index in [0.29, 0.717) is 45.1 Å². The fraction of sp³-hybridized carbons (Fsp3) is 0.606. The first-order valence-electron chi connectivity index (χ1n) is 16.1. The Hall–Kier alpha value is -2.31. The van der Waals surface area contributed by atoms with Gasteiger partial charge in [-0.3, -0.25) is 9.63 Å². The molecule has 1 amide bonds. The summed E-state index contributed by atoms with van der Waals surface area (Å²) in [6.07, 6.45) is 6.09. The van der Waals surface area contributed by atoms with Crippen LogP contribution in [0.3, 0.4) is 0 Å². The predicted octanol–water partition coefficient (Wildman–Crippen LogP) is 6.57. The molecule has 12 heteroatoms. The van der Waals surface area contributed by atoms with Gasteiger partial charge in [-0.2, -0.15) is 0 Å². The Morgan fingerprint density at radius 2 is 1.73 bits per heavy atom. The summed E-state index contributed by atoms with van der Waals surface area (Å²) in [6.45, 7) is 2.30. The largest absolute Gasteiger partial charge is 0.492 e. The van der Waals surface area contributed by atoms with Crippen molar-refractivity contribution in [1.82, 2.24) is 9.79 Å². The quantitative estimate of drug-likeness (QED) is 0.185. The number of fused-ring (bicyclic) bond motifs is 2. The minimum Gasteiger partial charge on any atom is -0.492 e. The second kappa shape index (κ2) is 14.6. The van der Waals surface area contributed by atoms with Crippen LogP contribution in [0.1, 0.15) is 83.1 Å². The maximum atomic E-state index is 17.2. The molecule has 0 radical (unpaired) electrons. The third-order valence-corrected chi connectivity index (χ3v) is 11.1. The summed E-state index contributed by atoms with van der Waals surface area (Å²) >= 11 is 6.33. The standard InChI is InChI=1S/C33H44ClF2N3O5S/c1-2-3-18-43-29-19-23(14-17-28(29)34)33(35,36)30(32(40)39-25-15-16-26(39)21-24(37)20-25)31(22-10-6-4-7-11-22)44-38-45(41,42)27-12-8-5-9-13-27/h5,8-9,12-14,17,19,22,24-26,30-31,38H,2-4,6-7,10-11,15-16,18,20-21,37H2,1H3/t25-,26-,30-,31?/m1/s1. The van der Waals surface area contributed by atoms with E-state index in [9.17, 15) is 13.2 Å². The van der Waals surface area contributed by atoms with Gasteiger partial charge in [-0.25, -0.2) is 17.2 Å². The maximum Gasteiger partial charge on any atom is 0.287 e. The van der Waals surface area contributed by atoms with Gasteiger partial charge in [0.25, 0.3) is 15.9 Å². The van der Waals surface area contributed by atoms with Crippen molar-refractivity contribution >= 4 is 27.5 Å². The molecule has 4 atom stereocenters. The van der Waals surface area contributed by atoms with Crippen LogP contribution in [0.5, 0.6) is 5.75 Å². The molecule has 3 N–H and O–H groups in total. The molecule has 2 saturated heterocycles. The summed E-state index contributed by atoms with van der Waals surface area (Å²) in [5.74, 6) is -6.88. The smallest absolute Gasteiger partial charge is 0.287 e. The molecule has 45 heavy (non-hydrogen) atoms. The van der Waals surface area contributed by atoms with Crippen LogP contribution in [-0.4, -0.2) is 50.1 Å². The molecule has 248 valence electrons. The number of rotatable bonds is 13. The molecule has 3 aliphatic rings. The molecule has 2 heterocycles. The highest BCUT2D eigenvalue weighted by Crippen LogP contribution is 2.48. The highest BCUT2D eigenvalue weighted by Gasteiger charge is 2.57. The number of alkyl halides is 2. The molecule has 5 rings (SSSR count). The van der Waals surface area contributed by atoms with Crippen molar-refractivity contribution in [2.24, 2.45) is 17.6 Å². The summed E-state index contributed by atoms with van der Waals surface area (Å²) < 4.78 is 66.6. The highest BCUT2D eigenvalue weighted by atomic mass is 35.5. The van der Waals surface area contributed by atoms with Gasteiger partial charge in [-0.15, -0.1) is 0 Å². The number of hydrogen-bond acceptors (Lipinski definition) is 6. The molecule has 2 aromatic carbocycles. The molecule has 2 bridgehead atoms. The molecule has 2 aliphatic heterocycles. The Morgan fingerprint density at radius 3 is 2.38 bits per heavy atom. The average Bonchev–Trinajstić information content (AvgIpc) is 3.31. The van der Waals surface area contributed by atoms with E-state index in [1.807, 2.05) is 6.92 Å². The van der Waals surface area contributed by atoms with E-state index < -0.39 is 45.4 Å². The normalized spacial score (nSPS) is 23.9. The molecule has 1 unspecified atom stereocenters. The number of nitrogens with zero attached hydrogens (tertiary/aromatic N) is 1. The zero-order valence-corrected chi connectivity index (χ0v) is 27.2. The van der Waals surface area contributed by atoms with Gasteiger partial charge >= 0.3 is 0 Å². The molecule has 8 nitrogen and oxygen atoms in total. The molecule has 0 spiro atoms. The number of carbonyl (C=O) groups is 1. The second-order valence-corrected chi connectivity index (χ2v) is 14.7. The van der Waals surface area contributed by atoms with Gasteiger partial charge in [-0.05, 0) is 75.1 Å². The van der Waals surface area contributed by atoms with Crippen LogP contribution in [0.2, 0.25) is 5.02 Å². The number of sulfonamides is 1. The van der Waals surface area contributed by atoms with Crippen LogP contribution in [0.4, 0.5) is 8.78 Å². The van der Waals surface area contributed by atoms with Gasteiger partial charge in [0.2, 0.25) is 5.91 Å². The van der Waals surface area contributed by atoms with Gasteiger partial charge in [-0.1, -0.05) is 73.4 Å². The highest BCUT2D eigenvalue weighted by molar-refractivity contribution is 7.89. The Kier molecular flexibility index (Phi) is 11.1. The zero-order chi connectivity index (χ0) is 32.2. The van der Waals surface area contributed by atoms with E-state index in [0.717, 1.165) is 32.1 Å². The first kappa shape index (κ1) is 34.0. The van der Waals surface area contributed by atoms with Gasteiger partial charge in [0.1, 0.15) is 17.8 Å². The number of hydrogen-bond donors (Lipinski definition) is 2. The number of unbranched alkanes of at least 4 members (excludes halogenated alkanes) is 1. The lowest BCUT2D eigenvalue weighted by Gasteiger charge is -2.44. The van der Waals surface area contributed by atoms with Crippen LogP contribution < -0.4 is 15.4 Å². The number of amides is 1. The van der Waals surface area contributed by atoms with Crippen LogP contribution in [0.15, 0.2) is 53.4 Å². The first-order chi connectivity index (χ1) is 21.5. The SMILES string of the molecule is CCCCOc1cc(C(F)(F)[C@@H](C(=O)N2[C@@H]3CC[C@@H]2CC(N)C3)C(ONS(=O)(=O)c2ccccc2)C2CCCCC2)ccc1Cl. The minimum absolute atomic E-state index is 0.0725. The fourth-order valence-corrected chi connectivity index (χ4v) is 8.26. The molecule has 1 saturated carbocycles. The van der Waals surface area contributed by atoms with Crippen molar-refractivity contribution in [2.45, 2.75) is 113 Å². The average molecular weight is 668 g/mol. The molecule has 0 aromatic heterocycles. The lowest BCUT2D eigenvalue weighted by molar-refractivity contribution is -0.186. The Labute approximate surface area is 270 Å². The maximum absolute atomic E-state index is 17.2. The van der Waals surface area contributed by atoms with Gasteiger partial charge < -0.3 is 15.4 Å². The molecular formula is C33H44ClF2N3O5S. The summed E-state index contributed by atoms with van der Waals surface area (Å²) in [7, 11) is -4.23. The van der Waals surface area contributed by atoms with Crippen molar-refractivity contribution in [2.75, 3.05) is 6.61 Å². The zero-order valence-electron chi connectivity index (χ0n) is 25.7. The van der Waals surface area contributed by atoms with E-state index in [4.69, 9.17) is 26.9 Å². The van der Waals surface area contributed by atoms with Crippen LogP contribution >= 0.6 is 11.6 Å². The Morgan fingerprint density at radius 1 is 1.07 bits per heavy atom. The van der Waals surface area contributed by atoms with E-state index in [1.54, 1.807) is 23.1 Å². The molecule has 1 aliphatic carbocycles. The summed E-state index contributed by atoms with van der Waals surface area (Å²) in [4.78, 5) is 24.2. The van der Waals surface area contributed by atoms with Crippen LogP contribution in [-0.2, 0) is 25.6 Å². The minimum atomic E-state index is -4.23. The third-order valence-electron chi connectivity index (χ3n) is 9.54. The van der Waals surface area contributed by atoms with E-state index in [2.05, 4.69) is 4.89 Å². The van der Waals surface area contributed by atoms with Crippen LogP contribution in [0.25, 0.3) is 0 Å². The number of piperidine rings is 1. The molecular weight excluding hydrogens is 624 g/mol. The lowest BCUT2D eigenvalue weighted by Crippen LogP contribution is -2.58. The number of nitrogens with one attached hydrogen (secondary N) is 1. The molecule has 2 aromatic rings. The second-order valence-electron chi connectivity index (χ2n) is 12.7. The number of ether oxygens (including phenoxy) is 1. The summed E-state index contributed by atoms with van der Waals surface area (Å²) in [5, 5.41) is 0.187. The van der Waals surface area contributed by atoms with Gasteiger partial charge in [0.15, 0.2) is 0 Å². The number of carbonyl (C=O) groups excluding carboxylic acids is 1. The monoisotopic (exact) mass is 667 g/mol. The van der Waals surface area contributed by atoms with E-state index in [1.165, 1.54) is 30.3 Å². The fourth-order valence-electron chi connectivity index (χ4n) is 7.23. The third kappa shape index (κ3) is 7.64. The van der Waals surface area contributed by atoms with Crippen molar-refractivity contribution in [3.63, 3.8) is 0 Å². The number of nitrogens with two attached hydrogens (primary N) is 1. The number of benzene rings is 2. The van der Waals surface area contributed by atoms with E-state index in [-0.39, 0.29) is 33.8 Å². The van der Waals surface area contributed by atoms with Gasteiger partial charge in [0, 0.05) is 23.7 Å². The van der Waals surface area contributed by atoms with Crippen molar-refractivity contribution < 1.29 is 31.6 Å². The Bertz CT molecular complexity index is 1400. The van der Waals surface area contributed by atoms with Crippen molar-refractivity contribution in [3.05, 3.63) is 59.1 Å². The van der Waals surface area contributed by atoms with Crippen LogP contribution in [0, 0.1) is 11.8 Å². The Balaban J connectivity index is 1.56.